The van der Waals surface area contributed by atoms with Gasteiger partial charge in [0.25, 0.3) is 0 Å². The molecule has 110 valence electrons. The highest BCUT2D eigenvalue weighted by Gasteiger charge is 2.39. The van der Waals surface area contributed by atoms with E-state index >= 15 is 0 Å². The Balaban J connectivity index is 2.17. The van der Waals surface area contributed by atoms with Crippen LogP contribution in [0, 0.1) is 12.7 Å². The van der Waals surface area contributed by atoms with Crippen LogP contribution in [-0.4, -0.2) is 18.7 Å². The third kappa shape index (κ3) is 2.14. The van der Waals surface area contributed by atoms with Gasteiger partial charge in [0.15, 0.2) is 11.5 Å². The first-order valence-corrected chi connectivity index (χ1v) is 6.78. The third-order valence-corrected chi connectivity index (χ3v) is 3.94. The monoisotopic (exact) mass is 288 g/mol. The number of halogens is 1. The average molecular weight is 288 g/mol. The molecule has 1 atom stereocenters. The number of pyridine rings is 1. The molecule has 1 aromatic heterocycles. The molecule has 2 aromatic rings. The molecular weight excluding hydrogens is 271 g/mol. The first kappa shape index (κ1) is 13.8. The van der Waals surface area contributed by atoms with Gasteiger partial charge in [-0.2, -0.15) is 0 Å². The number of hydrogen-bond acceptors (Lipinski definition) is 4. The van der Waals surface area contributed by atoms with Crippen molar-refractivity contribution in [3.63, 3.8) is 0 Å². The van der Waals surface area contributed by atoms with Crippen LogP contribution in [0.2, 0.25) is 0 Å². The first-order chi connectivity index (χ1) is 10.1. The molecule has 4 nitrogen and oxygen atoms in total. The van der Waals surface area contributed by atoms with E-state index in [1.165, 1.54) is 6.07 Å². The van der Waals surface area contributed by atoms with Crippen LogP contribution in [0.1, 0.15) is 23.2 Å². The van der Waals surface area contributed by atoms with Crippen LogP contribution < -0.4 is 15.2 Å². The maximum Gasteiger partial charge on any atom is 0.184 e. The Morgan fingerprint density at radius 2 is 2.19 bits per heavy atom. The quantitative estimate of drug-likeness (QED) is 0.922. The van der Waals surface area contributed by atoms with Crippen molar-refractivity contribution in [2.24, 2.45) is 5.73 Å². The molecule has 1 aromatic carbocycles. The summed E-state index contributed by atoms with van der Waals surface area (Å²) in [6.45, 7) is 2.16. The van der Waals surface area contributed by atoms with Crippen molar-refractivity contribution < 1.29 is 13.9 Å². The Labute approximate surface area is 122 Å². The SMILES string of the molecule is COc1ccnc2c1OCC[C@]2(N)c1ccc(C)c(F)c1. The summed E-state index contributed by atoms with van der Waals surface area (Å²) in [7, 11) is 1.57. The normalized spacial score (nSPS) is 20.6. The van der Waals surface area contributed by atoms with Crippen LogP contribution in [-0.2, 0) is 5.54 Å². The molecule has 0 spiro atoms. The number of ether oxygens (including phenoxy) is 2. The Morgan fingerprint density at radius 1 is 1.38 bits per heavy atom. The van der Waals surface area contributed by atoms with Gasteiger partial charge in [-0.05, 0) is 24.1 Å². The van der Waals surface area contributed by atoms with Crippen molar-refractivity contribution in [1.29, 1.82) is 0 Å². The van der Waals surface area contributed by atoms with E-state index in [4.69, 9.17) is 15.2 Å². The third-order valence-electron chi connectivity index (χ3n) is 3.94. The second-order valence-corrected chi connectivity index (χ2v) is 5.22. The van der Waals surface area contributed by atoms with E-state index in [0.717, 1.165) is 0 Å². The molecule has 21 heavy (non-hydrogen) atoms. The zero-order valence-corrected chi connectivity index (χ0v) is 12.0. The van der Waals surface area contributed by atoms with Crippen molar-refractivity contribution in [3.8, 4) is 11.5 Å². The van der Waals surface area contributed by atoms with E-state index in [2.05, 4.69) is 4.98 Å². The number of fused-ring (bicyclic) bond motifs is 1. The summed E-state index contributed by atoms with van der Waals surface area (Å²) in [6.07, 6.45) is 2.15. The van der Waals surface area contributed by atoms with Crippen molar-refractivity contribution in [2.45, 2.75) is 18.9 Å². The largest absolute Gasteiger partial charge is 0.493 e. The van der Waals surface area contributed by atoms with Gasteiger partial charge in [0.1, 0.15) is 11.5 Å². The maximum atomic E-state index is 13.9. The minimum Gasteiger partial charge on any atom is -0.493 e. The highest BCUT2D eigenvalue weighted by molar-refractivity contribution is 5.51. The number of methoxy groups -OCH3 is 1. The smallest absolute Gasteiger partial charge is 0.184 e. The fourth-order valence-corrected chi connectivity index (χ4v) is 2.63. The first-order valence-electron chi connectivity index (χ1n) is 6.78. The molecule has 2 heterocycles. The van der Waals surface area contributed by atoms with Gasteiger partial charge in [-0.3, -0.25) is 4.98 Å². The number of aryl methyl sites for hydroxylation is 1. The lowest BCUT2D eigenvalue weighted by Gasteiger charge is -2.35. The molecule has 5 heteroatoms. The maximum absolute atomic E-state index is 13.9. The Hall–Kier alpha value is -2.14. The van der Waals surface area contributed by atoms with E-state index in [9.17, 15) is 4.39 Å². The van der Waals surface area contributed by atoms with Gasteiger partial charge in [0.2, 0.25) is 0 Å². The average Bonchev–Trinajstić information content (AvgIpc) is 2.50. The molecule has 1 aliphatic rings. The summed E-state index contributed by atoms with van der Waals surface area (Å²) in [5.74, 6) is 0.852. The molecule has 0 fully saturated rings. The van der Waals surface area contributed by atoms with Crippen LogP contribution in [0.15, 0.2) is 30.5 Å². The van der Waals surface area contributed by atoms with Crippen LogP contribution in [0.3, 0.4) is 0 Å². The second-order valence-electron chi connectivity index (χ2n) is 5.22. The molecule has 3 rings (SSSR count). The molecule has 0 radical (unpaired) electrons. The Bertz CT molecular complexity index is 690. The molecule has 0 saturated carbocycles. The fraction of sp³-hybridized carbons (Fsp3) is 0.312. The van der Waals surface area contributed by atoms with Gasteiger partial charge in [0, 0.05) is 18.7 Å². The zero-order valence-electron chi connectivity index (χ0n) is 12.0. The number of rotatable bonds is 2. The topological polar surface area (TPSA) is 57.4 Å². The summed E-state index contributed by atoms with van der Waals surface area (Å²) >= 11 is 0. The van der Waals surface area contributed by atoms with E-state index in [1.54, 1.807) is 32.4 Å². The molecule has 0 amide bonds. The molecule has 0 bridgehead atoms. The summed E-state index contributed by atoms with van der Waals surface area (Å²) in [5.41, 5.74) is 7.55. The van der Waals surface area contributed by atoms with Gasteiger partial charge in [0.05, 0.1) is 19.3 Å². The van der Waals surface area contributed by atoms with Crippen LogP contribution >= 0.6 is 0 Å². The Morgan fingerprint density at radius 3 is 2.90 bits per heavy atom. The van der Waals surface area contributed by atoms with Crippen LogP contribution in [0.5, 0.6) is 11.5 Å². The number of hydrogen-bond donors (Lipinski definition) is 1. The van der Waals surface area contributed by atoms with Crippen LogP contribution in [0.25, 0.3) is 0 Å². The molecule has 0 saturated heterocycles. The lowest BCUT2D eigenvalue weighted by atomic mass is 9.82. The van der Waals surface area contributed by atoms with Gasteiger partial charge >= 0.3 is 0 Å². The van der Waals surface area contributed by atoms with Gasteiger partial charge in [-0.25, -0.2) is 4.39 Å². The molecular formula is C16H17FN2O2. The summed E-state index contributed by atoms with van der Waals surface area (Å²) < 4.78 is 24.8. The van der Waals surface area contributed by atoms with Crippen molar-refractivity contribution in [2.75, 3.05) is 13.7 Å². The van der Waals surface area contributed by atoms with Crippen molar-refractivity contribution >= 4 is 0 Å². The van der Waals surface area contributed by atoms with E-state index in [-0.39, 0.29) is 5.82 Å². The minimum atomic E-state index is -0.878. The number of benzene rings is 1. The van der Waals surface area contributed by atoms with Crippen LogP contribution in [0.4, 0.5) is 4.39 Å². The molecule has 2 N–H and O–H groups in total. The number of aromatic nitrogens is 1. The highest BCUT2D eigenvalue weighted by atomic mass is 19.1. The molecule has 0 unspecified atom stereocenters. The van der Waals surface area contributed by atoms with E-state index in [0.29, 0.717) is 41.3 Å². The number of nitrogens with two attached hydrogens (primary N) is 1. The zero-order chi connectivity index (χ0) is 15.0. The predicted molar refractivity (Wildman–Crippen MR) is 77.0 cm³/mol. The predicted octanol–water partition coefficient (Wildman–Crippen LogP) is 2.52. The standard InChI is InChI=1S/C16H17FN2O2/c1-10-3-4-11(9-12(10)17)16(18)6-8-21-14-13(20-2)5-7-19-15(14)16/h3-5,7,9H,6,8,18H2,1-2H3/t16-/m0/s1. The van der Waals surface area contributed by atoms with E-state index < -0.39 is 5.54 Å². The van der Waals surface area contributed by atoms with Gasteiger partial charge < -0.3 is 15.2 Å². The Kier molecular flexibility index (Phi) is 3.29. The minimum absolute atomic E-state index is 0.270. The molecule has 0 aliphatic carbocycles. The van der Waals surface area contributed by atoms with Gasteiger partial charge in [-0.15, -0.1) is 0 Å². The lowest BCUT2D eigenvalue weighted by molar-refractivity contribution is 0.220. The van der Waals surface area contributed by atoms with Gasteiger partial charge in [-0.1, -0.05) is 12.1 Å². The highest BCUT2D eigenvalue weighted by Crippen LogP contribution is 2.43. The molecule has 1 aliphatic heterocycles. The lowest BCUT2D eigenvalue weighted by Crippen LogP contribution is -2.43. The summed E-state index contributed by atoms with van der Waals surface area (Å²) in [5, 5.41) is 0. The number of nitrogens with zero attached hydrogens (tertiary/aromatic N) is 1. The van der Waals surface area contributed by atoms with Crippen molar-refractivity contribution in [1.82, 2.24) is 4.98 Å². The van der Waals surface area contributed by atoms with Crippen molar-refractivity contribution in [3.05, 3.63) is 53.1 Å². The summed E-state index contributed by atoms with van der Waals surface area (Å²) in [4.78, 5) is 4.36. The van der Waals surface area contributed by atoms with E-state index in [1.807, 2.05) is 6.07 Å². The summed E-state index contributed by atoms with van der Waals surface area (Å²) in [6, 6.07) is 6.77. The second kappa shape index (κ2) is 5.00. The fourth-order valence-electron chi connectivity index (χ4n) is 2.63.